The molecular weight excluding hydrogens is 348 g/mol. The summed E-state index contributed by atoms with van der Waals surface area (Å²) >= 11 is 0. The SMILES string of the molecule is COc1cc(/C=C\CO)cc(OC)c1O[C@@H]1O[C@H](CO)[C@@H](O)[C@H](O)[C@H]1O. The van der Waals surface area contributed by atoms with Crippen molar-refractivity contribution in [2.24, 2.45) is 0 Å². The molecule has 0 spiro atoms. The van der Waals surface area contributed by atoms with Crippen molar-refractivity contribution < 1.29 is 44.5 Å². The molecule has 26 heavy (non-hydrogen) atoms. The number of hydrogen-bond acceptors (Lipinski definition) is 9. The zero-order valence-electron chi connectivity index (χ0n) is 14.5. The first-order chi connectivity index (χ1) is 12.5. The zero-order chi connectivity index (χ0) is 19.3. The minimum Gasteiger partial charge on any atom is -0.493 e. The molecule has 146 valence electrons. The van der Waals surface area contributed by atoms with Gasteiger partial charge in [-0.15, -0.1) is 0 Å². The molecule has 5 N–H and O–H groups in total. The van der Waals surface area contributed by atoms with Crippen LogP contribution in [0.25, 0.3) is 6.08 Å². The molecule has 1 aromatic rings. The van der Waals surface area contributed by atoms with E-state index in [4.69, 9.17) is 24.1 Å². The number of aliphatic hydroxyl groups excluding tert-OH is 5. The van der Waals surface area contributed by atoms with Crippen molar-refractivity contribution in [1.29, 1.82) is 0 Å². The van der Waals surface area contributed by atoms with Crippen molar-refractivity contribution in [1.82, 2.24) is 0 Å². The smallest absolute Gasteiger partial charge is 0.229 e. The first-order valence-corrected chi connectivity index (χ1v) is 7.97. The number of aliphatic hydroxyl groups is 5. The Bertz CT molecular complexity index is 591. The summed E-state index contributed by atoms with van der Waals surface area (Å²) in [6, 6.07) is 3.24. The van der Waals surface area contributed by atoms with Gasteiger partial charge in [0.25, 0.3) is 0 Å². The second kappa shape index (κ2) is 9.17. The van der Waals surface area contributed by atoms with Gasteiger partial charge in [-0.1, -0.05) is 12.2 Å². The van der Waals surface area contributed by atoms with E-state index in [9.17, 15) is 20.4 Å². The van der Waals surface area contributed by atoms with Gasteiger partial charge in [-0.3, -0.25) is 0 Å². The van der Waals surface area contributed by atoms with E-state index in [-0.39, 0.29) is 23.9 Å². The predicted molar refractivity (Wildman–Crippen MR) is 90.1 cm³/mol. The van der Waals surface area contributed by atoms with Gasteiger partial charge in [-0.2, -0.15) is 0 Å². The summed E-state index contributed by atoms with van der Waals surface area (Å²) in [5.74, 6) is 0.637. The van der Waals surface area contributed by atoms with Gasteiger partial charge in [0, 0.05) is 0 Å². The van der Waals surface area contributed by atoms with Crippen LogP contribution in [0, 0.1) is 0 Å². The molecule has 0 bridgehead atoms. The van der Waals surface area contributed by atoms with Gasteiger partial charge >= 0.3 is 0 Å². The van der Waals surface area contributed by atoms with Crippen LogP contribution < -0.4 is 14.2 Å². The summed E-state index contributed by atoms with van der Waals surface area (Å²) in [4.78, 5) is 0. The van der Waals surface area contributed by atoms with Crippen LogP contribution in [0.2, 0.25) is 0 Å². The third-order valence-electron chi connectivity index (χ3n) is 3.98. The second-order valence-corrected chi connectivity index (χ2v) is 5.65. The Morgan fingerprint density at radius 3 is 2.12 bits per heavy atom. The van der Waals surface area contributed by atoms with E-state index < -0.39 is 37.3 Å². The largest absolute Gasteiger partial charge is 0.493 e. The lowest BCUT2D eigenvalue weighted by molar-refractivity contribution is -0.277. The van der Waals surface area contributed by atoms with E-state index in [1.165, 1.54) is 20.3 Å². The monoisotopic (exact) mass is 372 g/mol. The van der Waals surface area contributed by atoms with Crippen molar-refractivity contribution in [3.8, 4) is 17.2 Å². The molecule has 1 aliphatic rings. The number of methoxy groups -OCH3 is 2. The van der Waals surface area contributed by atoms with E-state index >= 15 is 0 Å². The highest BCUT2D eigenvalue weighted by atomic mass is 16.7. The van der Waals surface area contributed by atoms with E-state index in [0.29, 0.717) is 5.56 Å². The van der Waals surface area contributed by atoms with Gasteiger partial charge in [-0.05, 0) is 17.7 Å². The summed E-state index contributed by atoms with van der Waals surface area (Å²) < 4.78 is 21.6. The summed E-state index contributed by atoms with van der Waals surface area (Å²) in [5.41, 5.74) is 0.675. The highest BCUT2D eigenvalue weighted by Gasteiger charge is 2.45. The van der Waals surface area contributed by atoms with Crippen LogP contribution in [0.15, 0.2) is 18.2 Å². The van der Waals surface area contributed by atoms with Gasteiger partial charge in [0.2, 0.25) is 12.0 Å². The summed E-state index contributed by atoms with van der Waals surface area (Å²) in [5, 5.41) is 48.0. The number of hydrogen-bond donors (Lipinski definition) is 5. The minimum absolute atomic E-state index is 0.112. The summed E-state index contributed by atoms with van der Waals surface area (Å²) in [6.45, 7) is -0.697. The molecular formula is C17H24O9. The van der Waals surface area contributed by atoms with Crippen molar-refractivity contribution in [2.75, 3.05) is 27.4 Å². The fourth-order valence-electron chi connectivity index (χ4n) is 2.58. The van der Waals surface area contributed by atoms with E-state index in [1.807, 2.05) is 0 Å². The Hall–Kier alpha value is -1.88. The van der Waals surface area contributed by atoms with E-state index in [0.717, 1.165) is 0 Å². The third-order valence-corrected chi connectivity index (χ3v) is 3.98. The molecule has 0 unspecified atom stereocenters. The van der Waals surface area contributed by atoms with Crippen LogP contribution in [0.5, 0.6) is 17.2 Å². The average molecular weight is 372 g/mol. The Morgan fingerprint density at radius 2 is 1.62 bits per heavy atom. The third kappa shape index (κ3) is 4.26. The summed E-state index contributed by atoms with van der Waals surface area (Å²) in [6.07, 6.45) is -3.88. The molecule has 2 rings (SSSR count). The van der Waals surface area contributed by atoms with Crippen LogP contribution in [0.3, 0.4) is 0 Å². The highest BCUT2D eigenvalue weighted by Crippen LogP contribution is 2.40. The van der Waals surface area contributed by atoms with Crippen LogP contribution in [0.1, 0.15) is 5.56 Å². The van der Waals surface area contributed by atoms with Gasteiger partial charge in [0.15, 0.2) is 11.5 Å². The van der Waals surface area contributed by atoms with Crippen molar-refractivity contribution in [2.45, 2.75) is 30.7 Å². The van der Waals surface area contributed by atoms with Crippen LogP contribution in [0.4, 0.5) is 0 Å². The standard InChI is InChI=1S/C17H24O9/c1-23-10-6-9(4-3-5-18)7-11(24-2)16(10)26-17-15(22)14(21)13(20)12(8-19)25-17/h3-4,6-7,12-15,17-22H,5,8H2,1-2H3/b4-3-/t12-,13-,14+,15-,17+/m1/s1. The molecule has 5 atom stereocenters. The zero-order valence-corrected chi connectivity index (χ0v) is 14.5. The van der Waals surface area contributed by atoms with Crippen LogP contribution in [-0.2, 0) is 4.74 Å². The molecule has 0 aliphatic carbocycles. The Balaban J connectivity index is 2.33. The first kappa shape index (κ1) is 20.4. The van der Waals surface area contributed by atoms with Gasteiger partial charge < -0.3 is 44.5 Å². The number of benzene rings is 1. The molecule has 9 nitrogen and oxygen atoms in total. The maximum absolute atomic E-state index is 10.1. The van der Waals surface area contributed by atoms with Gasteiger partial charge in [0.05, 0.1) is 27.4 Å². The minimum atomic E-state index is -1.56. The average Bonchev–Trinajstić information content (AvgIpc) is 2.66. The molecule has 1 fully saturated rings. The quantitative estimate of drug-likeness (QED) is 0.403. The maximum atomic E-state index is 10.1. The fourth-order valence-corrected chi connectivity index (χ4v) is 2.58. The molecule has 1 aromatic carbocycles. The maximum Gasteiger partial charge on any atom is 0.229 e. The lowest BCUT2D eigenvalue weighted by Gasteiger charge is -2.39. The fraction of sp³-hybridized carbons (Fsp3) is 0.529. The molecule has 1 saturated heterocycles. The number of rotatable bonds is 7. The topological polar surface area (TPSA) is 138 Å². The highest BCUT2D eigenvalue weighted by molar-refractivity contribution is 5.62. The molecule has 0 amide bonds. The number of ether oxygens (including phenoxy) is 4. The van der Waals surface area contributed by atoms with Crippen molar-refractivity contribution >= 4 is 6.08 Å². The Labute approximate surface area is 150 Å². The van der Waals surface area contributed by atoms with Crippen molar-refractivity contribution in [3.05, 3.63) is 23.8 Å². The normalized spacial score (nSPS) is 29.0. The van der Waals surface area contributed by atoms with Crippen LogP contribution >= 0.6 is 0 Å². The second-order valence-electron chi connectivity index (χ2n) is 5.65. The van der Waals surface area contributed by atoms with Crippen LogP contribution in [-0.4, -0.2) is 83.7 Å². The first-order valence-electron chi connectivity index (χ1n) is 7.97. The molecule has 0 saturated carbocycles. The van der Waals surface area contributed by atoms with E-state index in [1.54, 1.807) is 18.2 Å². The van der Waals surface area contributed by atoms with Crippen molar-refractivity contribution in [3.63, 3.8) is 0 Å². The Kier molecular flexibility index (Phi) is 7.21. The lowest BCUT2D eigenvalue weighted by Crippen LogP contribution is -2.60. The Morgan fingerprint density at radius 1 is 1.00 bits per heavy atom. The van der Waals surface area contributed by atoms with E-state index in [2.05, 4.69) is 0 Å². The molecule has 0 aromatic heterocycles. The molecule has 0 radical (unpaired) electrons. The van der Waals surface area contributed by atoms with Gasteiger partial charge in [0.1, 0.15) is 24.4 Å². The molecule has 1 aliphatic heterocycles. The molecule has 9 heteroatoms. The lowest BCUT2D eigenvalue weighted by atomic mass is 9.99. The summed E-state index contributed by atoms with van der Waals surface area (Å²) in [7, 11) is 2.82. The molecule has 1 heterocycles. The predicted octanol–water partition coefficient (Wildman–Crippen LogP) is -1.11. The van der Waals surface area contributed by atoms with Gasteiger partial charge in [-0.25, -0.2) is 0 Å².